The summed E-state index contributed by atoms with van der Waals surface area (Å²) in [6.07, 6.45) is 1.04. The molecule has 0 aromatic heterocycles. The molecular formula is C30H32Si. The van der Waals surface area contributed by atoms with Crippen LogP contribution in [0.1, 0.15) is 48.6 Å². The van der Waals surface area contributed by atoms with Crippen molar-refractivity contribution in [3.63, 3.8) is 0 Å². The Morgan fingerprint density at radius 1 is 0.677 bits per heavy atom. The number of benzene rings is 3. The molecule has 0 saturated carbocycles. The first-order valence-electron chi connectivity index (χ1n) is 11.2. The average Bonchev–Trinajstić information content (AvgIpc) is 2.90. The minimum Gasteiger partial charge on any atom is -0.0623 e. The molecule has 0 spiro atoms. The third kappa shape index (κ3) is 3.99. The molecule has 31 heavy (non-hydrogen) atoms. The summed E-state index contributed by atoms with van der Waals surface area (Å²) >= 11 is 0. The SMILES string of the molecule is CC1=C(C)C(Cc2ccccc2C)([Si]c2cc(C)cc(C)c2)C(c2ccccc2)=C1C. The molecule has 0 heterocycles. The molecule has 1 aliphatic rings. The van der Waals surface area contributed by atoms with Crippen molar-refractivity contribution in [1.29, 1.82) is 0 Å². The Bertz CT molecular complexity index is 1160. The predicted molar refractivity (Wildman–Crippen MR) is 136 cm³/mol. The summed E-state index contributed by atoms with van der Waals surface area (Å²) < 4.78 is 0. The lowest BCUT2D eigenvalue weighted by molar-refractivity contribution is 0.792. The summed E-state index contributed by atoms with van der Waals surface area (Å²) in [5.41, 5.74) is 12.9. The van der Waals surface area contributed by atoms with Gasteiger partial charge in [-0.15, -0.1) is 0 Å². The smallest absolute Gasteiger partial charge is 0.0623 e. The summed E-state index contributed by atoms with van der Waals surface area (Å²) in [6.45, 7) is 13.7. The quantitative estimate of drug-likeness (QED) is 0.384. The summed E-state index contributed by atoms with van der Waals surface area (Å²) in [5, 5.41) is 1.45. The van der Waals surface area contributed by atoms with Crippen molar-refractivity contribution >= 4 is 20.3 Å². The maximum atomic E-state index is 2.39. The van der Waals surface area contributed by atoms with Gasteiger partial charge in [-0.05, 0) is 81.4 Å². The van der Waals surface area contributed by atoms with Gasteiger partial charge in [-0.1, -0.05) is 94.7 Å². The molecule has 1 atom stereocenters. The zero-order valence-corrected chi connectivity index (χ0v) is 20.6. The molecule has 0 saturated heterocycles. The number of aryl methyl sites for hydroxylation is 3. The minimum absolute atomic E-state index is 0.0120. The zero-order valence-electron chi connectivity index (χ0n) is 19.6. The van der Waals surface area contributed by atoms with Crippen LogP contribution in [0.5, 0.6) is 0 Å². The third-order valence-electron chi connectivity index (χ3n) is 6.93. The van der Waals surface area contributed by atoms with Gasteiger partial charge in [-0.3, -0.25) is 0 Å². The van der Waals surface area contributed by atoms with E-state index in [1.807, 2.05) is 0 Å². The molecule has 3 aromatic carbocycles. The van der Waals surface area contributed by atoms with E-state index in [-0.39, 0.29) is 5.04 Å². The van der Waals surface area contributed by atoms with E-state index >= 15 is 0 Å². The summed E-state index contributed by atoms with van der Waals surface area (Å²) in [5.74, 6) is 0. The molecular weight excluding hydrogens is 388 g/mol. The standard InChI is InChI=1S/C30H32Si/c1-20-16-21(2)18-28(17-20)31-30(19-27-15-11-10-12-22(27)3)25(6)23(4)24(5)29(30)26-13-8-7-9-14-26/h7-18H,19H2,1-6H3. The van der Waals surface area contributed by atoms with Gasteiger partial charge in [0.1, 0.15) is 0 Å². The Balaban J connectivity index is 1.95. The topological polar surface area (TPSA) is 0 Å². The molecule has 1 heteroatoms. The van der Waals surface area contributed by atoms with Crippen molar-refractivity contribution < 1.29 is 0 Å². The highest BCUT2D eigenvalue weighted by Crippen LogP contribution is 2.58. The molecule has 2 radical (unpaired) electrons. The molecule has 0 N–H and O–H groups in total. The van der Waals surface area contributed by atoms with Crippen molar-refractivity contribution in [2.45, 2.75) is 53.0 Å². The first kappa shape index (κ1) is 21.6. The van der Waals surface area contributed by atoms with E-state index in [1.165, 1.54) is 55.3 Å². The molecule has 0 bridgehead atoms. The third-order valence-corrected chi connectivity index (χ3v) is 8.73. The van der Waals surface area contributed by atoms with E-state index in [9.17, 15) is 0 Å². The van der Waals surface area contributed by atoms with Crippen molar-refractivity contribution in [1.82, 2.24) is 0 Å². The monoisotopic (exact) mass is 420 g/mol. The second kappa shape index (κ2) is 8.47. The lowest BCUT2D eigenvalue weighted by Crippen LogP contribution is -2.33. The Kier molecular flexibility index (Phi) is 5.90. The van der Waals surface area contributed by atoms with Gasteiger partial charge in [0.2, 0.25) is 0 Å². The van der Waals surface area contributed by atoms with Crippen molar-refractivity contribution in [3.8, 4) is 0 Å². The van der Waals surface area contributed by atoms with Crippen LogP contribution in [-0.2, 0) is 6.42 Å². The van der Waals surface area contributed by atoms with E-state index in [4.69, 9.17) is 0 Å². The first-order chi connectivity index (χ1) is 14.8. The summed E-state index contributed by atoms with van der Waals surface area (Å²) in [4.78, 5) is 0. The van der Waals surface area contributed by atoms with E-state index < -0.39 is 0 Å². The van der Waals surface area contributed by atoms with Crippen LogP contribution in [0.2, 0.25) is 5.04 Å². The first-order valence-corrected chi connectivity index (χ1v) is 12.2. The van der Waals surface area contributed by atoms with E-state index in [1.54, 1.807) is 0 Å². The lowest BCUT2D eigenvalue weighted by Gasteiger charge is -2.36. The van der Waals surface area contributed by atoms with Crippen LogP contribution in [0.25, 0.3) is 5.57 Å². The summed E-state index contributed by atoms with van der Waals surface area (Å²) in [6, 6.07) is 27.1. The molecule has 0 amide bonds. The van der Waals surface area contributed by atoms with Crippen LogP contribution in [0.3, 0.4) is 0 Å². The van der Waals surface area contributed by atoms with Gasteiger partial charge in [-0.2, -0.15) is 0 Å². The average molecular weight is 421 g/mol. The van der Waals surface area contributed by atoms with Gasteiger partial charge in [0.05, 0.1) is 9.52 Å². The Morgan fingerprint density at radius 3 is 1.94 bits per heavy atom. The fraction of sp³-hybridized carbons (Fsp3) is 0.267. The largest absolute Gasteiger partial charge is 0.0993 e. The van der Waals surface area contributed by atoms with E-state index in [2.05, 4.69) is 114 Å². The molecule has 0 fully saturated rings. The fourth-order valence-electron chi connectivity index (χ4n) is 5.17. The Labute approximate surface area is 190 Å². The maximum absolute atomic E-state index is 2.39. The fourth-order valence-corrected chi connectivity index (χ4v) is 7.38. The second-order valence-corrected chi connectivity index (χ2v) is 10.8. The lowest BCUT2D eigenvalue weighted by atomic mass is 9.83. The van der Waals surface area contributed by atoms with Crippen LogP contribution in [-0.4, -0.2) is 9.52 Å². The number of rotatable bonds is 5. The molecule has 0 nitrogen and oxygen atoms in total. The molecule has 1 aliphatic carbocycles. The second-order valence-electron chi connectivity index (χ2n) is 9.13. The van der Waals surface area contributed by atoms with Gasteiger partial charge >= 0.3 is 0 Å². The van der Waals surface area contributed by atoms with Crippen LogP contribution < -0.4 is 5.19 Å². The molecule has 4 rings (SSSR count). The number of allylic oxidation sites excluding steroid dienone is 4. The molecule has 156 valence electrons. The normalized spacial score (nSPS) is 18.8. The van der Waals surface area contributed by atoms with Gasteiger partial charge in [0.25, 0.3) is 0 Å². The summed E-state index contributed by atoms with van der Waals surface area (Å²) in [7, 11) is 0.685. The van der Waals surface area contributed by atoms with Gasteiger partial charge in [-0.25, -0.2) is 0 Å². The van der Waals surface area contributed by atoms with Crippen LogP contribution >= 0.6 is 0 Å². The van der Waals surface area contributed by atoms with Gasteiger partial charge in [0, 0.05) is 5.04 Å². The van der Waals surface area contributed by atoms with Crippen molar-refractivity contribution in [2.75, 3.05) is 0 Å². The van der Waals surface area contributed by atoms with Gasteiger partial charge in [0.15, 0.2) is 0 Å². The van der Waals surface area contributed by atoms with Crippen LogP contribution in [0.15, 0.2) is 89.5 Å². The highest BCUT2D eigenvalue weighted by atomic mass is 28.2. The maximum Gasteiger partial charge on any atom is 0.0993 e. The predicted octanol–water partition coefficient (Wildman–Crippen LogP) is 7.17. The van der Waals surface area contributed by atoms with Crippen molar-refractivity contribution in [3.05, 3.63) is 117 Å². The number of hydrogen-bond donors (Lipinski definition) is 0. The highest BCUT2D eigenvalue weighted by Gasteiger charge is 2.44. The minimum atomic E-state index is -0.0120. The zero-order chi connectivity index (χ0) is 22.2. The van der Waals surface area contributed by atoms with E-state index in [0.717, 1.165) is 6.42 Å². The Hall–Kier alpha value is -2.64. The molecule has 0 aliphatic heterocycles. The van der Waals surface area contributed by atoms with Gasteiger partial charge < -0.3 is 0 Å². The molecule has 3 aromatic rings. The molecule has 1 unspecified atom stereocenters. The Morgan fingerprint density at radius 2 is 1.29 bits per heavy atom. The van der Waals surface area contributed by atoms with Crippen LogP contribution in [0, 0.1) is 20.8 Å². The van der Waals surface area contributed by atoms with E-state index in [0.29, 0.717) is 9.52 Å². The highest BCUT2D eigenvalue weighted by molar-refractivity contribution is 6.61. The van der Waals surface area contributed by atoms with Crippen LogP contribution in [0.4, 0.5) is 0 Å². The number of hydrogen-bond acceptors (Lipinski definition) is 0. The van der Waals surface area contributed by atoms with Crippen molar-refractivity contribution in [2.24, 2.45) is 0 Å².